The number of nitrogens with zero attached hydrogens (tertiary/aromatic N) is 3. The molecule has 2 heterocycles. The zero-order valence-electron chi connectivity index (χ0n) is 14.6. The summed E-state index contributed by atoms with van der Waals surface area (Å²) in [5, 5.41) is 5.52. The van der Waals surface area contributed by atoms with Crippen molar-refractivity contribution in [3.8, 4) is 0 Å². The normalized spacial score (nSPS) is 36.1. The fourth-order valence-corrected chi connectivity index (χ4v) is 5.48. The van der Waals surface area contributed by atoms with Crippen molar-refractivity contribution in [1.82, 2.24) is 9.91 Å². The maximum Gasteiger partial charge on any atom is 0.272 e. The Kier molecular flexibility index (Phi) is 3.37. The summed E-state index contributed by atoms with van der Waals surface area (Å²) in [5.74, 6) is -4.06. The zero-order chi connectivity index (χ0) is 19.0. The highest BCUT2D eigenvalue weighted by Gasteiger charge is 2.73. The van der Waals surface area contributed by atoms with Crippen LogP contribution in [0, 0.1) is 22.5 Å². The Morgan fingerprint density at radius 3 is 2.33 bits per heavy atom. The summed E-state index contributed by atoms with van der Waals surface area (Å²) in [7, 11) is 0. The van der Waals surface area contributed by atoms with E-state index in [0.717, 1.165) is 6.07 Å². The molecule has 2 aliphatic heterocycles. The minimum atomic E-state index is -2.57. The number of hydrogen-bond donors (Lipinski definition) is 0. The highest BCUT2D eigenvalue weighted by Crippen LogP contribution is 2.74. The number of carbonyl (C=O) groups excluding carboxylic acids is 1. The van der Waals surface area contributed by atoms with Crippen molar-refractivity contribution >= 4 is 12.1 Å². The maximum atomic E-state index is 13.6. The van der Waals surface area contributed by atoms with E-state index in [4.69, 9.17) is 0 Å². The molecule has 5 aliphatic rings. The van der Waals surface area contributed by atoms with Gasteiger partial charge in [0.2, 0.25) is 5.91 Å². The van der Waals surface area contributed by atoms with Gasteiger partial charge in [-0.15, -0.1) is 0 Å². The third-order valence-electron chi connectivity index (χ3n) is 6.37. The maximum absolute atomic E-state index is 13.6. The lowest BCUT2D eigenvalue weighted by molar-refractivity contribution is -0.239. The SMILES string of the molecule is O=C(N1N=CCC1c1cc(F)cc(F)c1)C12CC(CN3CC(F)(F)C3)(C1)C2. The van der Waals surface area contributed by atoms with E-state index in [0.29, 0.717) is 37.8 Å². The lowest BCUT2D eigenvalue weighted by Crippen LogP contribution is -2.72. The number of hydrazone groups is 1. The minimum absolute atomic E-state index is 0.0317. The van der Waals surface area contributed by atoms with Gasteiger partial charge in [-0.1, -0.05) is 0 Å². The van der Waals surface area contributed by atoms with Crippen molar-refractivity contribution in [3.05, 3.63) is 35.4 Å². The average molecular weight is 381 g/mol. The molecule has 4 fully saturated rings. The van der Waals surface area contributed by atoms with Crippen LogP contribution in [0.5, 0.6) is 0 Å². The van der Waals surface area contributed by atoms with E-state index >= 15 is 0 Å². The molecule has 1 unspecified atom stereocenters. The molecule has 1 aromatic carbocycles. The summed E-state index contributed by atoms with van der Waals surface area (Å²) in [6.07, 6.45) is 4.04. The van der Waals surface area contributed by atoms with Gasteiger partial charge in [0.05, 0.1) is 24.5 Å². The van der Waals surface area contributed by atoms with E-state index in [2.05, 4.69) is 5.10 Å². The van der Waals surface area contributed by atoms with Crippen LogP contribution in [0.1, 0.15) is 37.3 Å². The summed E-state index contributed by atoms with van der Waals surface area (Å²) in [4.78, 5) is 14.8. The standard InChI is InChI=1S/C19H19F4N3O/c20-13-3-12(4-14(21)5-13)15-1-2-24-26(15)16(27)18-6-17(7-18,8-18)9-25-10-19(22,23)11-25/h2-5,15H,1,6-11H2. The lowest BCUT2D eigenvalue weighted by atomic mass is 9.34. The van der Waals surface area contributed by atoms with Gasteiger partial charge in [-0.25, -0.2) is 22.6 Å². The van der Waals surface area contributed by atoms with Crippen molar-refractivity contribution in [2.75, 3.05) is 19.6 Å². The molecule has 3 saturated carbocycles. The van der Waals surface area contributed by atoms with Gasteiger partial charge in [0.1, 0.15) is 11.6 Å². The summed E-state index contributed by atoms with van der Waals surface area (Å²) in [6, 6.07) is 2.77. The molecule has 1 amide bonds. The van der Waals surface area contributed by atoms with E-state index in [-0.39, 0.29) is 24.4 Å². The van der Waals surface area contributed by atoms with Crippen LogP contribution >= 0.6 is 0 Å². The topological polar surface area (TPSA) is 35.9 Å². The van der Waals surface area contributed by atoms with Gasteiger partial charge in [0.25, 0.3) is 5.92 Å². The number of carbonyl (C=O) groups is 1. The summed E-state index contributed by atoms with van der Waals surface area (Å²) < 4.78 is 53.1. The van der Waals surface area contributed by atoms with Gasteiger partial charge in [-0.3, -0.25) is 9.69 Å². The molecule has 3 aliphatic carbocycles. The smallest absolute Gasteiger partial charge is 0.272 e. The Hall–Kier alpha value is -1.96. The zero-order valence-corrected chi connectivity index (χ0v) is 14.6. The average Bonchev–Trinajstić information content (AvgIpc) is 2.95. The molecular formula is C19H19F4N3O. The molecular weight excluding hydrogens is 362 g/mol. The quantitative estimate of drug-likeness (QED) is 0.750. The third-order valence-corrected chi connectivity index (χ3v) is 6.37. The number of rotatable bonds is 4. The van der Waals surface area contributed by atoms with Gasteiger partial charge >= 0.3 is 0 Å². The van der Waals surface area contributed by atoms with Crippen molar-refractivity contribution in [1.29, 1.82) is 0 Å². The number of amides is 1. The molecule has 2 bridgehead atoms. The van der Waals surface area contributed by atoms with Crippen molar-refractivity contribution < 1.29 is 22.4 Å². The summed E-state index contributed by atoms with van der Waals surface area (Å²) in [5.41, 5.74) is -0.127. The van der Waals surface area contributed by atoms with Crippen LogP contribution in [0.2, 0.25) is 0 Å². The molecule has 0 spiro atoms. The van der Waals surface area contributed by atoms with Crippen LogP contribution in [0.25, 0.3) is 0 Å². The van der Waals surface area contributed by atoms with Crippen molar-refractivity contribution in [2.24, 2.45) is 15.9 Å². The lowest BCUT2D eigenvalue weighted by Gasteiger charge is -2.71. The molecule has 1 aromatic rings. The summed E-state index contributed by atoms with van der Waals surface area (Å²) in [6.45, 7) is 0.220. The van der Waals surface area contributed by atoms with Gasteiger partial charge in [0.15, 0.2) is 0 Å². The predicted molar refractivity (Wildman–Crippen MR) is 89.2 cm³/mol. The number of hydrogen-bond acceptors (Lipinski definition) is 3. The van der Waals surface area contributed by atoms with Crippen LogP contribution in [0.15, 0.2) is 23.3 Å². The Morgan fingerprint density at radius 2 is 1.74 bits per heavy atom. The number of benzene rings is 1. The van der Waals surface area contributed by atoms with Crippen molar-refractivity contribution in [3.63, 3.8) is 0 Å². The molecule has 144 valence electrons. The molecule has 27 heavy (non-hydrogen) atoms. The van der Waals surface area contributed by atoms with E-state index in [1.807, 2.05) is 0 Å². The molecule has 8 heteroatoms. The monoisotopic (exact) mass is 381 g/mol. The molecule has 4 nitrogen and oxygen atoms in total. The Balaban J connectivity index is 1.25. The van der Waals surface area contributed by atoms with Crippen LogP contribution in [0.4, 0.5) is 17.6 Å². The molecule has 0 aromatic heterocycles. The second-order valence-electron chi connectivity index (χ2n) is 8.71. The van der Waals surface area contributed by atoms with Gasteiger partial charge in [-0.2, -0.15) is 5.10 Å². The molecule has 0 radical (unpaired) electrons. The van der Waals surface area contributed by atoms with E-state index in [1.54, 1.807) is 11.1 Å². The molecule has 0 N–H and O–H groups in total. The first-order valence-electron chi connectivity index (χ1n) is 9.12. The largest absolute Gasteiger partial charge is 0.291 e. The Bertz CT molecular complexity index is 807. The first-order valence-corrected chi connectivity index (χ1v) is 9.12. The number of alkyl halides is 2. The van der Waals surface area contributed by atoms with E-state index in [1.165, 1.54) is 17.1 Å². The van der Waals surface area contributed by atoms with Crippen LogP contribution in [-0.2, 0) is 4.79 Å². The Morgan fingerprint density at radius 1 is 1.11 bits per heavy atom. The first-order chi connectivity index (χ1) is 12.7. The number of halogens is 4. The van der Waals surface area contributed by atoms with E-state index < -0.39 is 29.0 Å². The van der Waals surface area contributed by atoms with Crippen molar-refractivity contribution in [2.45, 2.75) is 37.6 Å². The fourth-order valence-electron chi connectivity index (χ4n) is 5.48. The van der Waals surface area contributed by atoms with Crippen LogP contribution in [-0.4, -0.2) is 47.6 Å². The molecule has 1 saturated heterocycles. The predicted octanol–water partition coefficient (Wildman–Crippen LogP) is 3.35. The number of likely N-dealkylation sites (tertiary alicyclic amines) is 1. The minimum Gasteiger partial charge on any atom is -0.291 e. The van der Waals surface area contributed by atoms with E-state index in [9.17, 15) is 22.4 Å². The highest BCUT2D eigenvalue weighted by molar-refractivity contribution is 5.88. The second kappa shape index (κ2) is 5.31. The van der Waals surface area contributed by atoms with Crippen LogP contribution in [0.3, 0.4) is 0 Å². The molecule has 1 atom stereocenters. The van der Waals surface area contributed by atoms with Gasteiger partial charge < -0.3 is 0 Å². The molecule has 6 rings (SSSR count). The van der Waals surface area contributed by atoms with Gasteiger partial charge in [0, 0.05) is 25.2 Å². The first kappa shape index (κ1) is 17.2. The third kappa shape index (κ3) is 2.60. The second-order valence-corrected chi connectivity index (χ2v) is 8.71. The van der Waals surface area contributed by atoms with Crippen LogP contribution < -0.4 is 0 Å². The van der Waals surface area contributed by atoms with Gasteiger partial charge in [-0.05, 0) is 42.4 Å². The summed E-state index contributed by atoms with van der Waals surface area (Å²) >= 11 is 0. The fraction of sp³-hybridized carbons (Fsp3) is 0.579. The highest BCUT2D eigenvalue weighted by atomic mass is 19.3. The Labute approximate surface area is 153 Å².